The zero-order valence-electron chi connectivity index (χ0n) is 33.0. The molecule has 6 aliphatic rings. The van der Waals surface area contributed by atoms with Gasteiger partial charge in [-0.2, -0.15) is 0 Å². The quantitative estimate of drug-likeness (QED) is 0.172. The lowest BCUT2D eigenvalue weighted by molar-refractivity contribution is -0.0399. The fourth-order valence-corrected chi connectivity index (χ4v) is 13.0. The molecule has 6 aromatic carbocycles. The molecule has 0 radical (unpaired) electrons. The van der Waals surface area contributed by atoms with Gasteiger partial charge in [0.25, 0.3) is 0 Å². The largest absolute Gasteiger partial charge is 0.310 e. The van der Waals surface area contributed by atoms with E-state index in [4.69, 9.17) is 0 Å². The fourth-order valence-electron chi connectivity index (χ4n) is 13.0. The summed E-state index contributed by atoms with van der Waals surface area (Å²) in [4.78, 5) is 2.66. The molecule has 55 heavy (non-hydrogen) atoms. The van der Waals surface area contributed by atoms with Gasteiger partial charge >= 0.3 is 0 Å². The molecule has 0 saturated heterocycles. The third-order valence-electron chi connectivity index (χ3n) is 15.3. The van der Waals surface area contributed by atoms with Crippen molar-refractivity contribution >= 4 is 17.1 Å². The van der Waals surface area contributed by atoms with Crippen molar-refractivity contribution in [1.82, 2.24) is 0 Å². The molecule has 1 nitrogen and oxygen atoms in total. The lowest BCUT2D eigenvalue weighted by Crippen LogP contribution is -2.55. The van der Waals surface area contributed by atoms with Crippen molar-refractivity contribution in [1.29, 1.82) is 0 Å². The molecule has 1 heteroatoms. The predicted molar refractivity (Wildman–Crippen MR) is 231 cm³/mol. The van der Waals surface area contributed by atoms with E-state index in [0.717, 1.165) is 23.7 Å². The Labute approximate surface area is 328 Å². The van der Waals surface area contributed by atoms with Crippen LogP contribution in [0.4, 0.5) is 17.1 Å². The minimum absolute atomic E-state index is 0.0321. The molecule has 4 bridgehead atoms. The summed E-state index contributed by atoms with van der Waals surface area (Å²) in [6.07, 6.45) is 9.40. The average molecular weight is 716 g/mol. The SMILES string of the molecule is CC1(C)CCC(C)(C)c2c(N(c3ccc(-c4ccccc4)cc3)c3ccc4c(c3-c3ccccc3)-c3ccccc3C43C4CC5CC(C4)CC3C5)cccc21. The second-order valence-electron chi connectivity index (χ2n) is 19.2. The van der Waals surface area contributed by atoms with Crippen LogP contribution in [0, 0.1) is 23.7 Å². The van der Waals surface area contributed by atoms with E-state index in [1.807, 2.05) is 0 Å². The van der Waals surface area contributed by atoms with E-state index < -0.39 is 0 Å². The first-order valence-electron chi connectivity index (χ1n) is 21.2. The van der Waals surface area contributed by atoms with Crippen LogP contribution in [0.2, 0.25) is 0 Å². The molecule has 0 amide bonds. The van der Waals surface area contributed by atoms with Gasteiger partial charge in [0, 0.05) is 16.7 Å². The maximum Gasteiger partial charge on any atom is 0.0546 e. The Bertz CT molecular complexity index is 2400. The Balaban J connectivity index is 1.21. The predicted octanol–water partition coefficient (Wildman–Crippen LogP) is 14.6. The highest BCUT2D eigenvalue weighted by atomic mass is 15.1. The first kappa shape index (κ1) is 33.5. The van der Waals surface area contributed by atoms with Gasteiger partial charge in [0.1, 0.15) is 0 Å². The lowest BCUT2D eigenvalue weighted by Gasteiger charge is -2.61. The summed E-state index contributed by atoms with van der Waals surface area (Å²) in [6, 6.07) is 53.6. The van der Waals surface area contributed by atoms with Crippen molar-refractivity contribution < 1.29 is 0 Å². The van der Waals surface area contributed by atoms with E-state index in [1.54, 1.807) is 11.1 Å². The van der Waals surface area contributed by atoms with Gasteiger partial charge in [0.2, 0.25) is 0 Å². The number of hydrogen-bond acceptors (Lipinski definition) is 1. The maximum atomic E-state index is 2.66. The minimum atomic E-state index is 0.0321. The van der Waals surface area contributed by atoms with Gasteiger partial charge in [0.05, 0.1) is 11.4 Å². The highest BCUT2D eigenvalue weighted by Crippen LogP contribution is 2.71. The second-order valence-corrected chi connectivity index (χ2v) is 19.2. The molecule has 0 heterocycles. The zero-order valence-corrected chi connectivity index (χ0v) is 33.0. The molecular formula is C54H53N. The van der Waals surface area contributed by atoms with Crippen LogP contribution in [0.5, 0.6) is 0 Å². The average Bonchev–Trinajstić information content (AvgIpc) is 3.50. The van der Waals surface area contributed by atoms with Crippen LogP contribution in [0.3, 0.4) is 0 Å². The molecule has 274 valence electrons. The van der Waals surface area contributed by atoms with E-state index in [0.29, 0.717) is 0 Å². The van der Waals surface area contributed by atoms with Crippen molar-refractivity contribution in [2.75, 3.05) is 4.90 Å². The summed E-state index contributed by atoms with van der Waals surface area (Å²) in [5.41, 5.74) is 18.4. The van der Waals surface area contributed by atoms with Gasteiger partial charge in [-0.25, -0.2) is 0 Å². The number of fused-ring (bicyclic) bond motifs is 4. The molecule has 0 aromatic heterocycles. The van der Waals surface area contributed by atoms with Crippen molar-refractivity contribution in [2.45, 2.75) is 88.9 Å². The summed E-state index contributed by atoms with van der Waals surface area (Å²) in [5, 5.41) is 0. The number of nitrogens with zero attached hydrogens (tertiary/aromatic N) is 1. The first-order chi connectivity index (χ1) is 26.7. The van der Waals surface area contributed by atoms with E-state index >= 15 is 0 Å². The summed E-state index contributed by atoms with van der Waals surface area (Å²) in [6.45, 7) is 9.87. The molecule has 0 unspecified atom stereocenters. The van der Waals surface area contributed by atoms with E-state index in [1.165, 1.54) is 107 Å². The lowest BCUT2D eigenvalue weighted by atomic mass is 9.43. The van der Waals surface area contributed by atoms with Crippen LogP contribution in [0.1, 0.15) is 94.9 Å². The Hall–Kier alpha value is -4.88. The number of benzene rings is 6. The van der Waals surface area contributed by atoms with Gasteiger partial charge in [-0.1, -0.05) is 143 Å². The van der Waals surface area contributed by atoms with E-state index in [9.17, 15) is 0 Å². The standard InChI is InChI=1S/C54H53N/c1-52(2)28-29-53(3,4)51-46(52)20-13-21-48(51)55(42-24-22-38(23-25-42)37-14-7-5-8-15-37)47-27-26-45-50(49(47)39-16-9-6-10-17-39)43-18-11-12-19-44(43)54(45)40-31-35-30-36(33-40)34-41(54)32-35/h5-27,35-36,40-41H,28-34H2,1-4H3. The Kier molecular flexibility index (Phi) is 7.34. The van der Waals surface area contributed by atoms with Crippen LogP contribution in [-0.4, -0.2) is 0 Å². The normalized spacial score (nSPS) is 26.0. The van der Waals surface area contributed by atoms with Gasteiger partial charge in [-0.3, -0.25) is 0 Å². The van der Waals surface area contributed by atoms with Gasteiger partial charge in [0.15, 0.2) is 0 Å². The third-order valence-corrected chi connectivity index (χ3v) is 15.3. The molecule has 4 saturated carbocycles. The second kappa shape index (κ2) is 12.1. The van der Waals surface area contributed by atoms with Gasteiger partial charge < -0.3 is 4.90 Å². The van der Waals surface area contributed by atoms with Crippen molar-refractivity contribution in [3.8, 4) is 33.4 Å². The molecular weight excluding hydrogens is 663 g/mol. The van der Waals surface area contributed by atoms with E-state index in [2.05, 4.69) is 172 Å². The third kappa shape index (κ3) is 4.84. The minimum Gasteiger partial charge on any atom is -0.310 e. The number of anilines is 3. The maximum absolute atomic E-state index is 2.66. The highest BCUT2D eigenvalue weighted by molar-refractivity contribution is 6.02. The van der Waals surface area contributed by atoms with E-state index in [-0.39, 0.29) is 16.2 Å². The molecule has 6 aromatic rings. The summed E-state index contributed by atoms with van der Waals surface area (Å²) >= 11 is 0. The Morgan fingerprint density at radius 3 is 1.71 bits per heavy atom. The molecule has 12 rings (SSSR count). The Morgan fingerprint density at radius 2 is 1.02 bits per heavy atom. The molecule has 0 aliphatic heterocycles. The summed E-state index contributed by atoms with van der Waals surface area (Å²) in [7, 11) is 0. The zero-order chi connectivity index (χ0) is 37.1. The monoisotopic (exact) mass is 715 g/mol. The van der Waals surface area contributed by atoms with Crippen LogP contribution in [0.15, 0.2) is 140 Å². The first-order valence-corrected chi connectivity index (χ1v) is 21.2. The van der Waals surface area contributed by atoms with Crippen LogP contribution in [-0.2, 0) is 16.2 Å². The van der Waals surface area contributed by atoms with Gasteiger partial charge in [-0.05, 0) is 154 Å². The summed E-state index contributed by atoms with van der Waals surface area (Å²) in [5.74, 6) is 3.30. The van der Waals surface area contributed by atoms with Gasteiger partial charge in [-0.15, -0.1) is 0 Å². The fraction of sp³-hybridized carbons (Fsp3) is 0.333. The highest BCUT2D eigenvalue weighted by Gasteiger charge is 2.62. The topological polar surface area (TPSA) is 3.24 Å². The molecule has 6 aliphatic carbocycles. The summed E-state index contributed by atoms with van der Waals surface area (Å²) < 4.78 is 0. The molecule has 0 N–H and O–H groups in total. The van der Waals surface area contributed by atoms with Crippen molar-refractivity contribution in [3.63, 3.8) is 0 Å². The molecule has 0 atom stereocenters. The number of rotatable bonds is 5. The molecule has 4 fully saturated rings. The Morgan fingerprint density at radius 1 is 0.436 bits per heavy atom. The van der Waals surface area contributed by atoms with Crippen molar-refractivity contribution in [2.24, 2.45) is 23.7 Å². The van der Waals surface area contributed by atoms with Crippen molar-refractivity contribution in [3.05, 3.63) is 162 Å². The molecule has 1 spiro atoms. The number of hydrogen-bond donors (Lipinski definition) is 0. The van der Waals surface area contributed by atoms with Crippen LogP contribution < -0.4 is 4.90 Å². The van der Waals surface area contributed by atoms with Crippen LogP contribution in [0.25, 0.3) is 33.4 Å². The van der Waals surface area contributed by atoms with Crippen LogP contribution >= 0.6 is 0 Å². The smallest absolute Gasteiger partial charge is 0.0546 e.